The quantitative estimate of drug-likeness (QED) is 0.870. The van der Waals surface area contributed by atoms with Crippen LogP contribution >= 0.6 is 27.3 Å². The molecule has 0 aliphatic heterocycles. The van der Waals surface area contributed by atoms with Gasteiger partial charge in [-0.25, -0.2) is 4.98 Å². The highest BCUT2D eigenvalue weighted by molar-refractivity contribution is 9.10. The van der Waals surface area contributed by atoms with E-state index in [1.165, 1.54) is 17.5 Å². The lowest BCUT2D eigenvalue weighted by atomic mass is 10.0. The molecule has 4 heteroatoms. The van der Waals surface area contributed by atoms with Crippen molar-refractivity contribution in [1.82, 2.24) is 4.98 Å². The minimum Gasteiger partial charge on any atom is -0.319 e. The maximum Gasteiger partial charge on any atom is 0.114 e. The molecule has 0 bridgehead atoms. The smallest absolute Gasteiger partial charge is 0.114 e. The van der Waals surface area contributed by atoms with E-state index < -0.39 is 0 Å². The van der Waals surface area contributed by atoms with Crippen LogP contribution in [-0.2, 0) is 5.54 Å². The molecule has 1 aromatic carbocycles. The van der Waals surface area contributed by atoms with Crippen LogP contribution in [0.5, 0.6) is 0 Å². The van der Waals surface area contributed by atoms with Gasteiger partial charge >= 0.3 is 0 Å². The molecule has 0 radical (unpaired) electrons. The average molecular weight is 297 g/mol. The first-order valence-corrected chi connectivity index (χ1v) is 7.14. The molecule has 1 aliphatic rings. The van der Waals surface area contributed by atoms with Crippen LogP contribution in [0.1, 0.15) is 30.7 Å². The molecule has 1 fully saturated rings. The van der Waals surface area contributed by atoms with Crippen LogP contribution in [0.25, 0.3) is 10.2 Å². The summed E-state index contributed by atoms with van der Waals surface area (Å²) in [6.07, 6.45) is 4.62. The van der Waals surface area contributed by atoms with Crippen LogP contribution < -0.4 is 5.73 Å². The van der Waals surface area contributed by atoms with Gasteiger partial charge < -0.3 is 5.73 Å². The van der Waals surface area contributed by atoms with Crippen molar-refractivity contribution in [2.45, 2.75) is 31.2 Å². The molecule has 84 valence electrons. The van der Waals surface area contributed by atoms with Crippen LogP contribution in [-0.4, -0.2) is 4.98 Å². The summed E-state index contributed by atoms with van der Waals surface area (Å²) in [6.45, 7) is 0. The van der Waals surface area contributed by atoms with E-state index in [1.54, 1.807) is 11.3 Å². The van der Waals surface area contributed by atoms with E-state index in [9.17, 15) is 0 Å². The highest BCUT2D eigenvalue weighted by Crippen LogP contribution is 2.40. The number of halogens is 1. The second-order valence-electron chi connectivity index (χ2n) is 4.49. The molecule has 0 unspecified atom stereocenters. The van der Waals surface area contributed by atoms with Crippen molar-refractivity contribution in [2.75, 3.05) is 0 Å². The van der Waals surface area contributed by atoms with Gasteiger partial charge in [0, 0.05) is 4.47 Å². The normalized spacial score (nSPS) is 19.4. The largest absolute Gasteiger partial charge is 0.319 e. The molecule has 2 nitrogen and oxygen atoms in total. The molecule has 1 saturated carbocycles. The topological polar surface area (TPSA) is 38.9 Å². The maximum atomic E-state index is 6.42. The second-order valence-corrected chi connectivity index (χ2v) is 6.44. The third kappa shape index (κ3) is 1.69. The minimum absolute atomic E-state index is 0.157. The number of nitrogens with zero attached hydrogens (tertiary/aromatic N) is 1. The molecule has 16 heavy (non-hydrogen) atoms. The SMILES string of the molecule is NC1(c2nc3ccc(Br)cc3s2)CCCC1. The van der Waals surface area contributed by atoms with E-state index in [4.69, 9.17) is 5.73 Å². The van der Waals surface area contributed by atoms with Gasteiger partial charge in [0.15, 0.2) is 0 Å². The van der Waals surface area contributed by atoms with E-state index in [-0.39, 0.29) is 5.54 Å². The van der Waals surface area contributed by atoms with Crippen molar-refractivity contribution in [3.05, 3.63) is 27.7 Å². The Hall–Kier alpha value is -0.450. The predicted molar refractivity (Wildman–Crippen MR) is 71.7 cm³/mol. The zero-order valence-electron chi connectivity index (χ0n) is 8.87. The molecule has 0 spiro atoms. The van der Waals surface area contributed by atoms with E-state index >= 15 is 0 Å². The summed E-state index contributed by atoms with van der Waals surface area (Å²) >= 11 is 5.23. The number of fused-ring (bicyclic) bond motifs is 1. The summed E-state index contributed by atoms with van der Waals surface area (Å²) in [4.78, 5) is 4.68. The standard InChI is InChI=1S/C12H13BrN2S/c13-8-3-4-9-10(7-8)16-11(15-9)12(14)5-1-2-6-12/h3-4,7H,1-2,5-6,14H2. The van der Waals surface area contributed by atoms with Gasteiger partial charge in [-0.3, -0.25) is 0 Å². The fourth-order valence-corrected chi connectivity index (χ4v) is 4.01. The van der Waals surface area contributed by atoms with Crippen molar-refractivity contribution >= 4 is 37.5 Å². The molecule has 2 aromatic rings. The fraction of sp³-hybridized carbons (Fsp3) is 0.417. The number of thiazole rings is 1. The second kappa shape index (κ2) is 3.79. The van der Waals surface area contributed by atoms with Gasteiger partial charge in [-0.1, -0.05) is 28.8 Å². The third-order valence-corrected chi connectivity index (χ3v) is 5.00. The van der Waals surface area contributed by atoms with E-state index in [0.717, 1.165) is 27.8 Å². The lowest BCUT2D eigenvalue weighted by Crippen LogP contribution is -2.32. The van der Waals surface area contributed by atoms with Crippen molar-refractivity contribution < 1.29 is 0 Å². The number of rotatable bonds is 1. The maximum absolute atomic E-state index is 6.42. The summed E-state index contributed by atoms with van der Waals surface area (Å²) < 4.78 is 2.33. The Balaban J connectivity index is 2.11. The molecule has 0 amide bonds. The third-order valence-electron chi connectivity index (χ3n) is 3.27. The first-order chi connectivity index (χ1) is 7.67. The molecule has 1 aromatic heterocycles. The van der Waals surface area contributed by atoms with Gasteiger partial charge in [0.1, 0.15) is 5.01 Å². The molecule has 0 atom stereocenters. The van der Waals surface area contributed by atoms with Gasteiger partial charge in [0.25, 0.3) is 0 Å². The van der Waals surface area contributed by atoms with Crippen LogP contribution in [0, 0.1) is 0 Å². The van der Waals surface area contributed by atoms with Gasteiger partial charge in [-0.05, 0) is 31.0 Å². The first kappa shape index (κ1) is 10.7. The Bertz CT molecular complexity index is 529. The Morgan fingerprint density at radius 3 is 2.81 bits per heavy atom. The molecule has 3 rings (SSSR count). The van der Waals surface area contributed by atoms with E-state index in [2.05, 4.69) is 33.0 Å². The van der Waals surface area contributed by atoms with Crippen LogP contribution in [0.4, 0.5) is 0 Å². The zero-order valence-corrected chi connectivity index (χ0v) is 11.3. The van der Waals surface area contributed by atoms with Crippen molar-refractivity contribution in [2.24, 2.45) is 5.73 Å². The lowest BCUT2D eigenvalue weighted by molar-refractivity contribution is 0.460. The molecule has 1 heterocycles. The van der Waals surface area contributed by atoms with Crippen LogP contribution in [0.2, 0.25) is 0 Å². The molecular formula is C12H13BrN2S. The number of hydrogen-bond acceptors (Lipinski definition) is 3. The summed E-state index contributed by atoms with van der Waals surface area (Å²) in [6, 6.07) is 6.20. The van der Waals surface area contributed by atoms with Crippen molar-refractivity contribution in [1.29, 1.82) is 0 Å². The number of aromatic nitrogens is 1. The average Bonchev–Trinajstić information content (AvgIpc) is 2.84. The minimum atomic E-state index is -0.157. The summed E-state index contributed by atoms with van der Waals surface area (Å²) in [5, 5.41) is 1.11. The summed E-state index contributed by atoms with van der Waals surface area (Å²) in [5.41, 5.74) is 7.33. The number of hydrogen-bond donors (Lipinski definition) is 1. The molecule has 1 aliphatic carbocycles. The van der Waals surface area contributed by atoms with Crippen LogP contribution in [0.15, 0.2) is 22.7 Å². The fourth-order valence-electron chi connectivity index (χ4n) is 2.33. The Kier molecular flexibility index (Phi) is 2.53. The summed E-state index contributed by atoms with van der Waals surface area (Å²) in [7, 11) is 0. The molecule has 0 saturated heterocycles. The van der Waals surface area contributed by atoms with E-state index in [1.807, 2.05) is 6.07 Å². The Morgan fingerprint density at radius 2 is 2.06 bits per heavy atom. The molecular weight excluding hydrogens is 284 g/mol. The van der Waals surface area contributed by atoms with E-state index in [0.29, 0.717) is 0 Å². The Morgan fingerprint density at radius 1 is 1.31 bits per heavy atom. The van der Waals surface area contributed by atoms with Gasteiger partial charge in [-0.2, -0.15) is 0 Å². The Labute approximate surface area is 107 Å². The van der Waals surface area contributed by atoms with Gasteiger partial charge in [0.2, 0.25) is 0 Å². The first-order valence-electron chi connectivity index (χ1n) is 5.53. The number of nitrogens with two attached hydrogens (primary N) is 1. The van der Waals surface area contributed by atoms with Crippen LogP contribution in [0.3, 0.4) is 0 Å². The highest BCUT2D eigenvalue weighted by Gasteiger charge is 2.34. The lowest BCUT2D eigenvalue weighted by Gasteiger charge is -2.19. The predicted octanol–water partition coefficient (Wildman–Crippen LogP) is 3.79. The highest BCUT2D eigenvalue weighted by atomic mass is 79.9. The van der Waals surface area contributed by atoms with Gasteiger partial charge in [0.05, 0.1) is 15.8 Å². The van der Waals surface area contributed by atoms with Gasteiger partial charge in [-0.15, -0.1) is 11.3 Å². The van der Waals surface area contributed by atoms with Crippen molar-refractivity contribution in [3.8, 4) is 0 Å². The number of benzene rings is 1. The van der Waals surface area contributed by atoms with Crippen molar-refractivity contribution in [3.63, 3.8) is 0 Å². The summed E-state index contributed by atoms with van der Waals surface area (Å²) in [5.74, 6) is 0. The molecule has 2 N–H and O–H groups in total. The zero-order chi connectivity index (χ0) is 11.2. The monoisotopic (exact) mass is 296 g/mol.